The van der Waals surface area contributed by atoms with Gasteiger partial charge in [0.1, 0.15) is 16.5 Å². The highest BCUT2D eigenvalue weighted by Crippen LogP contribution is 2.43. The van der Waals surface area contributed by atoms with Gasteiger partial charge in [0.25, 0.3) is 5.91 Å². The molecule has 2 N–H and O–H groups in total. The molecule has 1 aliphatic carbocycles. The number of amides is 1. The summed E-state index contributed by atoms with van der Waals surface area (Å²) in [5.41, 5.74) is 3.24. The number of thiophene rings is 1. The molecule has 1 aliphatic rings. The van der Waals surface area contributed by atoms with E-state index in [1.165, 1.54) is 4.88 Å². The summed E-state index contributed by atoms with van der Waals surface area (Å²) in [6, 6.07) is 9.12. The van der Waals surface area contributed by atoms with Gasteiger partial charge in [-0.3, -0.25) is 4.79 Å². The molecule has 0 radical (unpaired) electrons. The number of rotatable bonds is 10. The lowest BCUT2D eigenvalue weighted by molar-refractivity contribution is 0.102. The fourth-order valence-electron chi connectivity index (χ4n) is 4.69. The van der Waals surface area contributed by atoms with E-state index in [0.29, 0.717) is 52.5 Å². The van der Waals surface area contributed by atoms with Gasteiger partial charge in [-0.05, 0) is 55.0 Å². The third-order valence-corrected chi connectivity index (χ3v) is 7.83. The Morgan fingerprint density at radius 2 is 1.68 bits per heavy atom. The molecule has 0 fully saturated rings. The van der Waals surface area contributed by atoms with Gasteiger partial charge in [0, 0.05) is 23.1 Å². The van der Waals surface area contributed by atoms with Crippen LogP contribution in [0.4, 0.5) is 10.7 Å². The highest BCUT2D eigenvalue weighted by molar-refractivity contribution is 7.16. The summed E-state index contributed by atoms with van der Waals surface area (Å²) >= 11 is 1.65. The first-order valence-electron chi connectivity index (χ1n) is 12.1. The minimum Gasteiger partial charge on any atom is -0.497 e. The molecular weight excluding hydrogens is 492 g/mol. The Kier molecular flexibility index (Phi) is 8.33. The van der Waals surface area contributed by atoms with Gasteiger partial charge in [0.2, 0.25) is 5.75 Å². The number of fused-ring (bicyclic) bond motifs is 1. The second-order valence-corrected chi connectivity index (χ2v) is 10.0. The lowest BCUT2D eigenvalue weighted by Gasteiger charge is -2.19. The van der Waals surface area contributed by atoms with Crippen molar-refractivity contribution in [3.05, 3.63) is 51.9 Å². The Hall–Kier alpha value is -3.59. The highest BCUT2D eigenvalue weighted by Gasteiger charge is 2.28. The molecule has 0 spiro atoms. The molecule has 0 saturated carbocycles. The number of benzene rings is 2. The van der Waals surface area contributed by atoms with Gasteiger partial charge in [-0.15, -0.1) is 11.3 Å². The fourth-order valence-corrected chi connectivity index (χ4v) is 6.09. The maximum absolute atomic E-state index is 13.7. The van der Waals surface area contributed by atoms with Gasteiger partial charge in [0.15, 0.2) is 11.5 Å². The van der Waals surface area contributed by atoms with Crippen molar-refractivity contribution in [2.75, 3.05) is 46.2 Å². The number of carbonyl (C=O) groups excluding carboxylic acids is 1. The van der Waals surface area contributed by atoms with Crippen LogP contribution in [0.3, 0.4) is 0 Å². The number of anilines is 2. The molecule has 4 rings (SSSR count). The van der Waals surface area contributed by atoms with E-state index in [1.807, 2.05) is 12.1 Å². The summed E-state index contributed by atoms with van der Waals surface area (Å²) in [6.07, 6.45) is 2.88. The van der Waals surface area contributed by atoms with Crippen molar-refractivity contribution in [1.29, 1.82) is 0 Å². The van der Waals surface area contributed by atoms with E-state index in [0.717, 1.165) is 35.4 Å². The van der Waals surface area contributed by atoms with E-state index in [9.17, 15) is 4.79 Å². The largest absolute Gasteiger partial charge is 0.497 e. The molecule has 9 heteroatoms. The lowest BCUT2D eigenvalue weighted by atomic mass is 9.88. The van der Waals surface area contributed by atoms with Gasteiger partial charge >= 0.3 is 0 Å². The third-order valence-electron chi connectivity index (χ3n) is 6.62. The molecule has 0 bridgehead atoms. The first kappa shape index (κ1) is 26.5. The summed E-state index contributed by atoms with van der Waals surface area (Å²) in [5.74, 6) is 3.33. The van der Waals surface area contributed by atoms with Gasteiger partial charge in [-0.2, -0.15) is 0 Å². The standard InChI is InChI=1S/C28H34N2O6S/c1-16-7-10-19-23(13-16)37-28(29-15-17-8-11-22(34-4)26(36-6)25(17)35-5)24(19)27(31)30-20-14-18(32-2)9-12-21(20)33-3/h8-9,11-12,14,16,29H,7,10,13,15H2,1-6H3,(H,30,31). The topological polar surface area (TPSA) is 87.3 Å². The van der Waals surface area contributed by atoms with Crippen LogP contribution in [0.5, 0.6) is 28.7 Å². The normalized spacial score (nSPS) is 14.4. The Morgan fingerprint density at radius 1 is 0.946 bits per heavy atom. The Labute approximate surface area is 221 Å². The zero-order valence-corrected chi connectivity index (χ0v) is 23.0. The predicted octanol–water partition coefficient (Wildman–Crippen LogP) is 5.78. The molecule has 37 heavy (non-hydrogen) atoms. The van der Waals surface area contributed by atoms with Gasteiger partial charge in [0.05, 0.1) is 46.8 Å². The van der Waals surface area contributed by atoms with E-state index in [1.54, 1.807) is 65.1 Å². The molecule has 1 amide bonds. The molecule has 3 aromatic rings. The molecule has 1 atom stereocenters. The number of methoxy groups -OCH3 is 5. The van der Waals surface area contributed by atoms with Crippen LogP contribution < -0.4 is 34.3 Å². The Balaban J connectivity index is 1.68. The average molecular weight is 527 g/mol. The van der Waals surface area contributed by atoms with Crippen LogP contribution in [0.15, 0.2) is 30.3 Å². The van der Waals surface area contributed by atoms with Crippen molar-refractivity contribution < 1.29 is 28.5 Å². The number of hydrogen-bond acceptors (Lipinski definition) is 8. The fraction of sp³-hybridized carbons (Fsp3) is 0.393. The van der Waals surface area contributed by atoms with Crippen molar-refractivity contribution in [2.45, 2.75) is 32.7 Å². The summed E-state index contributed by atoms with van der Waals surface area (Å²) < 4.78 is 27.4. The van der Waals surface area contributed by atoms with Crippen molar-refractivity contribution in [3.63, 3.8) is 0 Å². The second kappa shape index (κ2) is 11.6. The Morgan fingerprint density at radius 3 is 2.35 bits per heavy atom. The van der Waals surface area contributed by atoms with Crippen molar-refractivity contribution >= 4 is 27.9 Å². The minimum atomic E-state index is -0.180. The zero-order chi connectivity index (χ0) is 26.5. The predicted molar refractivity (Wildman–Crippen MR) is 146 cm³/mol. The molecule has 198 valence electrons. The number of nitrogens with one attached hydrogen (secondary N) is 2. The van der Waals surface area contributed by atoms with Gasteiger partial charge in [-0.25, -0.2) is 0 Å². The Bertz CT molecular complexity index is 1270. The maximum Gasteiger partial charge on any atom is 0.259 e. The monoisotopic (exact) mass is 526 g/mol. The molecule has 8 nitrogen and oxygen atoms in total. The van der Waals surface area contributed by atoms with Crippen molar-refractivity contribution in [3.8, 4) is 28.7 Å². The van der Waals surface area contributed by atoms with E-state index < -0.39 is 0 Å². The third kappa shape index (κ3) is 5.41. The quantitative estimate of drug-likeness (QED) is 0.346. The van der Waals surface area contributed by atoms with E-state index in [-0.39, 0.29) is 5.91 Å². The van der Waals surface area contributed by atoms with Crippen LogP contribution in [-0.4, -0.2) is 41.5 Å². The van der Waals surface area contributed by atoms with Crippen LogP contribution in [0.25, 0.3) is 0 Å². The van der Waals surface area contributed by atoms with Crippen LogP contribution in [0, 0.1) is 5.92 Å². The molecular formula is C28H34N2O6S. The highest BCUT2D eigenvalue weighted by atomic mass is 32.1. The van der Waals surface area contributed by atoms with Crippen LogP contribution in [-0.2, 0) is 19.4 Å². The number of carbonyl (C=O) groups is 1. The minimum absolute atomic E-state index is 0.180. The molecule has 0 saturated heterocycles. The van der Waals surface area contributed by atoms with Gasteiger partial charge < -0.3 is 34.3 Å². The summed E-state index contributed by atoms with van der Waals surface area (Å²) in [6.45, 7) is 2.70. The molecule has 2 aromatic carbocycles. The van der Waals surface area contributed by atoms with Crippen LogP contribution in [0.2, 0.25) is 0 Å². The van der Waals surface area contributed by atoms with E-state index in [2.05, 4.69) is 17.6 Å². The SMILES string of the molecule is COc1ccc(OC)c(NC(=O)c2c(NCc3ccc(OC)c(OC)c3OC)sc3c2CCC(C)C3)c1. The summed E-state index contributed by atoms with van der Waals surface area (Å²) in [5, 5.41) is 7.39. The summed E-state index contributed by atoms with van der Waals surface area (Å²) in [4.78, 5) is 15.0. The molecule has 1 heterocycles. The first-order chi connectivity index (χ1) is 17.9. The smallest absolute Gasteiger partial charge is 0.259 e. The molecule has 1 aromatic heterocycles. The zero-order valence-electron chi connectivity index (χ0n) is 22.2. The number of ether oxygens (including phenoxy) is 5. The summed E-state index contributed by atoms with van der Waals surface area (Å²) in [7, 11) is 7.95. The van der Waals surface area contributed by atoms with E-state index in [4.69, 9.17) is 23.7 Å². The van der Waals surface area contributed by atoms with Crippen LogP contribution in [0.1, 0.15) is 39.7 Å². The molecule has 1 unspecified atom stereocenters. The molecule has 0 aliphatic heterocycles. The first-order valence-corrected chi connectivity index (χ1v) is 12.9. The second-order valence-electron chi connectivity index (χ2n) is 8.92. The number of hydrogen-bond donors (Lipinski definition) is 2. The van der Waals surface area contributed by atoms with Crippen molar-refractivity contribution in [2.24, 2.45) is 5.92 Å². The van der Waals surface area contributed by atoms with E-state index >= 15 is 0 Å². The lowest BCUT2D eigenvalue weighted by Crippen LogP contribution is -2.18. The van der Waals surface area contributed by atoms with Crippen LogP contribution >= 0.6 is 11.3 Å². The average Bonchev–Trinajstić information content (AvgIpc) is 3.28. The van der Waals surface area contributed by atoms with Gasteiger partial charge in [-0.1, -0.05) is 6.92 Å². The van der Waals surface area contributed by atoms with Crippen molar-refractivity contribution in [1.82, 2.24) is 0 Å². The maximum atomic E-state index is 13.7.